The van der Waals surface area contributed by atoms with Crippen LogP contribution in [-0.2, 0) is 16.6 Å². The second kappa shape index (κ2) is 9.41. The number of nitrogens with zero attached hydrogens (tertiary/aromatic N) is 1. The van der Waals surface area contributed by atoms with Crippen molar-refractivity contribution in [1.82, 2.24) is 4.90 Å². The van der Waals surface area contributed by atoms with E-state index >= 15 is 0 Å². The number of hydrogen-bond donors (Lipinski definition) is 3. The number of aliphatic hydroxyl groups is 1. The van der Waals surface area contributed by atoms with Gasteiger partial charge in [0.25, 0.3) is 10.0 Å². The molecule has 5 rings (SSSR count). The highest BCUT2D eigenvalue weighted by Gasteiger charge is 2.30. The molecular weight excluding hydrogens is 491 g/mol. The Hall–Kier alpha value is -3.67. The summed E-state index contributed by atoms with van der Waals surface area (Å²) in [6.45, 7) is 1.69. The van der Waals surface area contributed by atoms with Gasteiger partial charge in [-0.3, -0.25) is 9.62 Å². The lowest BCUT2D eigenvalue weighted by atomic mass is 9.98. The normalized spacial score (nSPS) is 17.6. The number of benzene rings is 2. The molecule has 0 spiro atoms. The van der Waals surface area contributed by atoms with E-state index in [0.29, 0.717) is 42.9 Å². The van der Waals surface area contributed by atoms with Crippen molar-refractivity contribution in [3.05, 3.63) is 71.4 Å². The summed E-state index contributed by atoms with van der Waals surface area (Å²) in [6, 6.07) is 7.85. The summed E-state index contributed by atoms with van der Waals surface area (Å²) in [6.07, 6.45) is 4.93. The number of aromatic carboxylic acids is 1. The molecule has 0 saturated carbocycles. The van der Waals surface area contributed by atoms with Crippen molar-refractivity contribution in [1.29, 1.82) is 0 Å². The monoisotopic (exact) mass is 514 g/mol. The quantitative estimate of drug-likeness (QED) is 0.437. The molecule has 1 saturated heterocycles. The van der Waals surface area contributed by atoms with E-state index in [4.69, 9.17) is 9.15 Å². The van der Waals surface area contributed by atoms with Crippen LogP contribution in [0.25, 0.3) is 17.2 Å². The fraction of sp³-hybridized carbons (Fsp3) is 0.240. The number of carboxylic acids is 1. The highest BCUT2D eigenvalue weighted by molar-refractivity contribution is 7.92. The third-order valence-corrected chi connectivity index (χ3v) is 7.61. The number of sulfonamides is 1. The van der Waals surface area contributed by atoms with Crippen LogP contribution in [0.1, 0.15) is 28.1 Å². The number of β-amino-alcohol motifs (C(OH)–C–C–N with tert-alkyl or cyclic N) is 1. The highest BCUT2D eigenvalue weighted by atomic mass is 32.2. The molecule has 2 aliphatic rings. The summed E-state index contributed by atoms with van der Waals surface area (Å²) in [4.78, 5) is 13.9. The molecule has 3 aromatic rings. The minimum absolute atomic E-state index is 0.00671. The third-order valence-electron chi connectivity index (χ3n) is 6.17. The summed E-state index contributed by atoms with van der Waals surface area (Å²) >= 11 is 0. The first-order valence-corrected chi connectivity index (χ1v) is 12.7. The van der Waals surface area contributed by atoms with Gasteiger partial charge in [0.2, 0.25) is 0 Å². The van der Waals surface area contributed by atoms with Gasteiger partial charge in [-0.25, -0.2) is 17.6 Å². The van der Waals surface area contributed by atoms with Crippen LogP contribution in [0.3, 0.4) is 0 Å². The summed E-state index contributed by atoms with van der Waals surface area (Å²) in [5, 5.41) is 19.6. The van der Waals surface area contributed by atoms with Gasteiger partial charge in [-0.1, -0.05) is 12.2 Å². The van der Waals surface area contributed by atoms with Crippen LogP contribution >= 0.6 is 0 Å². The van der Waals surface area contributed by atoms with Gasteiger partial charge in [0.15, 0.2) is 0 Å². The molecule has 1 aromatic heterocycles. The Morgan fingerprint density at radius 1 is 1.22 bits per heavy atom. The number of likely N-dealkylation sites (tertiary alicyclic amines) is 1. The molecule has 0 unspecified atom stereocenters. The molecule has 3 N–H and O–H groups in total. The molecule has 1 fully saturated rings. The molecule has 2 aliphatic heterocycles. The Morgan fingerprint density at radius 2 is 2.06 bits per heavy atom. The maximum Gasteiger partial charge on any atom is 0.341 e. The van der Waals surface area contributed by atoms with Crippen LogP contribution in [0, 0.1) is 5.82 Å². The Morgan fingerprint density at radius 3 is 2.81 bits per heavy atom. The van der Waals surface area contributed by atoms with E-state index in [-0.39, 0.29) is 34.1 Å². The van der Waals surface area contributed by atoms with Gasteiger partial charge in [0.1, 0.15) is 29.5 Å². The van der Waals surface area contributed by atoms with Gasteiger partial charge < -0.3 is 19.4 Å². The zero-order valence-corrected chi connectivity index (χ0v) is 19.8. The molecule has 9 nitrogen and oxygen atoms in total. The van der Waals surface area contributed by atoms with Crippen LogP contribution in [0.4, 0.5) is 10.1 Å². The predicted molar refractivity (Wildman–Crippen MR) is 129 cm³/mol. The van der Waals surface area contributed by atoms with E-state index in [1.54, 1.807) is 18.2 Å². The molecule has 2 aromatic carbocycles. The van der Waals surface area contributed by atoms with Crippen LogP contribution in [0.15, 0.2) is 58.1 Å². The number of nitrogens with one attached hydrogen (secondary N) is 1. The average molecular weight is 515 g/mol. The minimum Gasteiger partial charge on any atom is -0.484 e. The summed E-state index contributed by atoms with van der Waals surface area (Å²) in [5.74, 6) is -1.42. The minimum atomic E-state index is -4.31. The second-order valence-electron chi connectivity index (χ2n) is 8.61. The maximum absolute atomic E-state index is 14.0. The van der Waals surface area contributed by atoms with Gasteiger partial charge in [-0.2, -0.15) is 0 Å². The highest BCUT2D eigenvalue weighted by Crippen LogP contribution is 2.43. The first-order valence-electron chi connectivity index (χ1n) is 11.2. The van der Waals surface area contributed by atoms with Crippen molar-refractivity contribution < 1.29 is 37.0 Å². The summed E-state index contributed by atoms with van der Waals surface area (Å²) in [7, 11) is -4.31. The molecule has 3 heterocycles. The number of hydrogen-bond acceptors (Lipinski definition) is 7. The van der Waals surface area contributed by atoms with Gasteiger partial charge in [0.05, 0.1) is 22.9 Å². The van der Waals surface area contributed by atoms with Gasteiger partial charge in [-0.05, 0) is 48.4 Å². The van der Waals surface area contributed by atoms with Crippen molar-refractivity contribution in [3.8, 4) is 16.9 Å². The van der Waals surface area contributed by atoms with Crippen LogP contribution < -0.4 is 9.46 Å². The molecule has 0 bridgehead atoms. The third kappa shape index (κ3) is 4.60. The number of halogens is 1. The number of fused-ring (bicyclic) bond motifs is 3. The first-order chi connectivity index (χ1) is 17.2. The lowest BCUT2D eigenvalue weighted by molar-refractivity contribution is 0.0692. The maximum atomic E-state index is 14.0. The molecule has 0 radical (unpaired) electrons. The number of furan rings is 1. The molecule has 0 aliphatic carbocycles. The number of anilines is 1. The second-order valence-corrected chi connectivity index (χ2v) is 10.3. The lowest BCUT2D eigenvalue weighted by Gasteiger charge is -2.21. The Labute approximate surface area is 206 Å². The number of rotatable bonds is 7. The van der Waals surface area contributed by atoms with Crippen molar-refractivity contribution >= 4 is 27.8 Å². The topological polar surface area (TPSA) is 129 Å². The Bertz CT molecular complexity index is 1470. The number of aliphatic hydroxyl groups excluding tert-OH is 1. The standard InChI is InChI=1S/C25H23FN2O7S/c26-16-3-6-22(15(12-16)2-1-9-28-10-7-17(29)13-28)36(32,33)27-20-5-4-19-18-8-11-34-21(18)14-35-24(19)23(20)25(30)31/h1-6,8,11-12,17,27,29H,7,9-10,13-14H2,(H,30,31)/b2-1-/t17-/m1/s1. The molecule has 11 heteroatoms. The van der Waals surface area contributed by atoms with Crippen molar-refractivity contribution in [2.45, 2.75) is 24.0 Å². The summed E-state index contributed by atoms with van der Waals surface area (Å²) in [5.41, 5.74) is 0.733. The smallest absolute Gasteiger partial charge is 0.341 e. The zero-order chi connectivity index (χ0) is 25.4. The van der Waals surface area contributed by atoms with Crippen LogP contribution in [0.2, 0.25) is 0 Å². The number of carboxylic acid groups (broad SMARTS) is 1. The molecule has 1 atom stereocenters. The lowest BCUT2D eigenvalue weighted by Crippen LogP contribution is -2.22. The Balaban J connectivity index is 1.47. The van der Waals surface area contributed by atoms with Gasteiger partial charge >= 0.3 is 5.97 Å². The predicted octanol–water partition coefficient (Wildman–Crippen LogP) is 3.56. The van der Waals surface area contributed by atoms with Crippen LogP contribution in [0.5, 0.6) is 5.75 Å². The molecular formula is C25H23FN2O7S. The van der Waals surface area contributed by atoms with Crippen molar-refractivity contribution in [3.63, 3.8) is 0 Å². The van der Waals surface area contributed by atoms with Crippen LogP contribution in [-0.4, -0.2) is 55.2 Å². The van der Waals surface area contributed by atoms with Crippen molar-refractivity contribution in [2.75, 3.05) is 24.4 Å². The van der Waals surface area contributed by atoms with Gasteiger partial charge in [-0.15, -0.1) is 0 Å². The Kier molecular flexibility index (Phi) is 6.29. The van der Waals surface area contributed by atoms with Gasteiger partial charge in [0, 0.05) is 30.8 Å². The molecule has 0 amide bonds. The van der Waals surface area contributed by atoms with E-state index in [0.717, 1.165) is 18.2 Å². The fourth-order valence-corrected chi connectivity index (χ4v) is 5.73. The first kappa shape index (κ1) is 24.0. The largest absolute Gasteiger partial charge is 0.484 e. The van der Waals surface area contributed by atoms with E-state index in [2.05, 4.69) is 4.72 Å². The van der Waals surface area contributed by atoms with Crippen molar-refractivity contribution in [2.24, 2.45) is 0 Å². The number of carbonyl (C=O) groups is 1. The number of ether oxygens (including phenoxy) is 1. The van der Waals surface area contributed by atoms with E-state index in [1.165, 1.54) is 18.4 Å². The molecule has 188 valence electrons. The SMILES string of the molecule is O=C(O)c1c(NS(=O)(=O)c2ccc(F)cc2/C=C\CN2CC[C@@H](O)C2)ccc2c1OCc1occc1-2. The fourth-order valence-electron chi connectivity index (χ4n) is 4.47. The summed E-state index contributed by atoms with van der Waals surface area (Å²) < 4.78 is 54.0. The van der Waals surface area contributed by atoms with E-state index in [9.17, 15) is 27.8 Å². The van der Waals surface area contributed by atoms with E-state index < -0.39 is 27.9 Å². The molecule has 36 heavy (non-hydrogen) atoms. The average Bonchev–Trinajstić information content (AvgIpc) is 3.47. The van der Waals surface area contributed by atoms with E-state index in [1.807, 2.05) is 4.90 Å². The zero-order valence-electron chi connectivity index (χ0n) is 19.0.